The Hall–Kier alpha value is -2.22. The van der Waals surface area contributed by atoms with E-state index >= 15 is 0 Å². The molecule has 1 aliphatic heterocycles. The van der Waals surface area contributed by atoms with Crippen LogP contribution in [0.25, 0.3) is 6.08 Å². The van der Waals surface area contributed by atoms with Gasteiger partial charge in [-0.2, -0.15) is 0 Å². The van der Waals surface area contributed by atoms with Gasteiger partial charge in [0.1, 0.15) is 23.9 Å². The Balaban J connectivity index is 1.88. The first kappa shape index (κ1) is 9.97. The van der Waals surface area contributed by atoms with Gasteiger partial charge in [0.2, 0.25) is 0 Å². The van der Waals surface area contributed by atoms with Crippen molar-refractivity contribution in [2.75, 3.05) is 6.61 Å². The van der Waals surface area contributed by atoms with Gasteiger partial charge in [0.05, 0.1) is 0 Å². The molecule has 2 aromatic rings. The molecule has 0 spiro atoms. The van der Waals surface area contributed by atoms with E-state index in [0.717, 1.165) is 22.8 Å². The lowest BCUT2D eigenvalue weighted by molar-refractivity contribution is 0.357. The molecule has 0 fully saturated rings. The Morgan fingerprint density at radius 3 is 2.71 bits per heavy atom. The van der Waals surface area contributed by atoms with E-state index in [1.807, 2.05) is 54.6 Å². The number of fused-ring (bicyclic) bond motifs is 1. The standard InChI is InChI=1S/C15H12O2/c1-2-6-13(7-3-1)17-14-8-9-15-12(11-14)5-4-10-16-15/h1-9,11H,10H2. The lowest BCUT2D eigenvalue weighted by Crippen LogP contribution is -1.99. The van der Waals surface area contributed by atoms with Gasteiger partial charge in [0.15, 0.2) is 0 Å². The zero-order valence-corrected chi connectivity index (χ0v) is 9.30. The minimum atomic E-state index is 0.645. The fraction of sp³-hybridized carbons (Fsp3) is 0.0667. The normalized spacial score (nSPS) is 12.7. The number of para-hydroxylation sites is 1. The zero-order chi connectivity index (χ0) is 11.5. The highest BCUT2D eigenvalue weighted by Crippen LogP contribution is 2.30. The van der Waals surface area contributed by atoms with Crippen molar-refractivity contribution in [3.8, 4) is 17.2 Å². The summed E-state index contributed by atoms with van der Waals surface area (Å²) in [5, 5.41) is 0. The van der Waals surface area contributed by atoms with E-state index in [0.29, 0.717) is 6.61 Å². The second kappa shape index (κ2) is 4.34. The number of ether oxygens (including phenoxy) is 2. The maximum atomic E-state index is 5.75. The van der Waals surface area contributed by atoms with Crippen molar-refractivity contribution in [3.63, 3.8) is 0 Å². The summed E-state index contributed by atoms with van der Waals surface area (Å²) in [6, 6.07) is 15.6. The molecule has 17 heavy (non-hydrogen) atoms. The van der Waals surface area contributed by atoms with E-state index in [-0.39, 0.29) is 0 Å². The summed E-state index contributed by atoms with van der Waals surface area (Å²) in [4.78, 5) is 0. The third kappa shape index (κ3) is 2.16. The predicted octanol–water partition coefficient (Wildman–Crippen LogP) is 3.88. The fourth-order valence-corrected chi connectivity index (χ4v) is 1.79. The maximum Gasteiger partial charge on any atom is 0.128 e. The molecule has 3 rings (SSSR count). The van der Waals surface area contributed by atoms with Gasteiger partial charge in [-0.3, -0.25) is 0 Å². The minimum Gasteiger partial charge on any atom is -0.489 e. The summed E-state index contributed by atoms with van der Waals surface area (Å²) < 4.78 is 11.2. The van der Waals surface area contributed by atoms with Crippen LogP contribution < -0.4 is 9.47 Å². The highest BCUT2D eigenvalue weighted by atomic mass is 16.5. The first-order valence-electron chi connectivity index (χ1n) is 5.58. The zero-order valence-electron chi connectivity index (χ0n) is 9.30. The van der Waals surface area contributed by atoms with Crippen LogP contribution in [0.3, 0.4) is 0 Å². The molecule has 2 nitrogen and oxygen atoms in total. The van der Waals surface area contributed by atoms with Crippen molar-refractivity contribution in [3.05, 3.63) is 60.2 Å². The van der Waals surface area contributed by atoms with Crippen molar-refractivity contribution >= 4 is 6.08 Å². The SMILES string of the molecule is C1=Cc2cc(Oc3ccccc3)ccc2OC1. The van der Waals surface area contributed by atoms with Crippen LogP contribution in [0.4, 0.5) is 0 Å². The molecule has 1 aliphatic rings. The van der Waals surface area contributed by atoms with Gasteiger partial charge in [0.25, 0.3) is 0 Å². The van der Waals surface area contributed by atoms with E-state index in [4.69, 9.17) is 9.47 Å². The van der Waals surface area contributed by atoms with Crippen molar-refractivity contribution in [1.29, 1.82) is 0 Å². The van der Waals surface area contributed by atoms with E-state index in [9.17, 15) is 0 Å². The molecule has 0 amide bonds. The summed E-state index contributed by atoms with van der Waals surface area (Å²) in [5.74, 6) is 2.58. The number of rotatable bonds is 2. The molecule has 0 bridgehead atoms. The van der Waals surface area contributed by atoms with Gasteiger partial charge in [-0.05, 0) is 36.4 Å². The summed E-state index contributed by atoms with van der Waals surface area (Å²) in [5.41, 5.74) is 1.06. The largest absolute Gasteiger partial charge is 0.489 e. The van der Waals surface area contributed by atoms with Gasteiger partial charge >= 0.3 is 0 Å². The average molecular weight is 224 g/mol. The predicted molar refractivity (Wildman–Crippen MR) is 67.5 cm³/mol. The number of hydrogen-bond acceptors (Lipinski definition) is 2. The Morgan fingerprint density at radius 1 is 0.941 bits per heavy atom. The molecule has 1 heterocycles. The van der Waals surface area contributed by atoms with Crippen molar-refractivity contribution in [2.24, 2.45) is 0 Å². The molecule has 0 saturated heterocycles. The molecule has 84 valence electrons. The quantitative estimate of drug-likeness (QED) is 0.770. The number of benzene rings is 2. The van der Waals surface area contributed by atoms with E-state index in [1.54, 1.807) is 0 Å². The highest BCUT2D eigenvalue weighted by molar-refractivity contribution is 5.61. The lowest BCUT2D eigenvalue weighted by atomic mass is 10.1. The summed E-state index contributed by atoms with van der Waals surface area (Å²) in [6.07, 6.45) is 4.05. The van der Waals surface area contributed by atoms with Crippen LogP contribution >= 0.6 is 0 Å². The molecule has 2 aromatic carbocycles. The second-order valence-electron chi connectivity index (χ2n) is 3.83. The molecular weight excluding hydrogens is 212 g/mol. The molecule has 0 unspecified atom stereocenters. The van der Waals surface area contributed by atoms with Crippen LogP contribution in [-0.2, 0) is 0 Å². The smallest absolute Gasteiger partial charge is 0.128 e. The number of hydrogen-bond donors (Lipinski definition) is 0. The summed E-state index contributed by atoms with van der Waals surface area (Å²) >= 11 is 0. The summed E-state index contributed by atoms with van der Waals surface area (Å²) in [6.45, 7) is 0.645. The van der Waals surface area contributed by atoms with Crippen molar-refractivity contribution in [1.82, 2.24) is 0 Å². The van der Waals surface area contributed by atoms with Crippen LogP contribution in [0.15, 0.2) is 54.6 Å². The first-order chi connectivity index (χ1) is 8.42. The van der Waals surface area contributed by atoms with Crippen LogP contribution in [0, 0.1) is 0 Å². The van der Waals surface area contributed by atoms with Crippen LogP contribution in [0.1, 0.15) is 5.56 Å². The minimum absolute atomic E-state index is 0.645. The molecule has 2 heteroatoms. The van der Waals surface area contributed by atoms with Crippen LogP contribution in [-0.4, -0.2) is 6.61 Å². The third-order valence-electron chi connectivity index (χ3n) is 2.59. The van der Waals surface area contributed by atoms with Crippen LogP contribution in [0.2, 0.25) is 0 Å². The molecule has 0 aromatic heterocycles. The summed E-state index contributed by atoms with van der Waals surface area (Å²) in [7, 11) is 0. The highest BCUT2D eigenvalue weighted by Gasteiger charge is 2.06. The van der Waals surface area contributed by atoms with Gasteiger partial charge in [0, 0.05) is 5.56 Å². The van der Waals surface area contributed by atoms with Gasteiger partial charge in [-0.15, -0.1) is 0 Å². The Morgan fingerprint density at radius 2 is 1.82 bits per heavy atom. The molecule has 0 saturated carbocycles. The van der Waals surface area contributed by atoms with E-state index in [1.165, 1.54) is 0 Å². The van der Waals surface area contributed by atoms with Gasteiger partial charge in [-0.25, -0.2) is 0 Å². The Bertz CT molecular complexity index is 544. The maximum absolute atomic E-state index is 5.75. The Labute approximate surface area is 100 Å². The van der Waals surface area contributed by atoms with Gasteiger partial charge < -0.3 is 9.47 Å². The lowest BCUT2D eigenvalue weighted by Gasteiger charge is -2.13. The molecule has 0 N–H and O–H groups in total. The van der Waals surface area contributed by atoms with Crippen molar-refractivity contribution < 1.29 is 9.47 Å². The average Bonchev–Trinajstić information content (AvgIpc) is 2.40. The monoisotopic (exact) mass is 224 g/mol. The van der Waals surface area contributed by atoms with E-state index < -0.39 is 0 Å². The second-order valence-corrected chi connectivity index (χ2v) is 3.83. The molecule has 0 radical (unpaired) electrons. The molecule has 0 atom stereocenters. The first-order valence-corrected chi connectivity index (χ1v) is 5.58. The molecular formula is C15H12O2. The fourth-order valence-electron chi connectivity index (χ4n) is 1.79. The molecule has 0 aliphatic carbocycles. The van der Waals surface area contributed by atoms with Crippen molar-refractivity contribution in [2.45, 2.75) is 0 Å². The van der Waals surface area contributed by atoms with E-state index in [2.05, 4.69) is 6.08 Å². The van der Waals surface area contributed by atoms with Gasteiger partial charge in [-0.1, -0.05) is 24.3 Å². The Kier molecular flexibility index (Phi) is 2.54. The topological polar surface area (TPSA) is 18.5 Å². The van der Waals surface area contributed by atoms with Crippen LogP contribution in [0.5, 0.6) is 17.2 Å². The third-order valence-corrected chi connectivity index (χ3v) is 2.59.